The molecule has 1 amide bonds. The molecule has 2 rings (SSSR count). The molecule has 7 heteroatoms. The maximum atomic E-state index is 12.7. The molecule has 1 aromatic rings. The number of carbonyl (C=O) groups excluding carboxylic acids is 1. The molecule has 0 radical (unpaired) electrons. The first kappa shape index (κ1) is 14.9. The van der Waals surface area contributed by atoms with E-state index < -0.39 is 4.92 Å². The van der Waals surface area contributed by atoms with Crippen molar-refractivity contribution in [3.63, 3.8) is 0 Å². The first-order valence-corrected chi connectivity index (χ1v) is 7.18. The van der Waals surface area contributed by atoms with Crippen LogP contribution in [0.4, 0.5) is 5.69 Å². The highest BCUT2D eigenvalue weighted by molar-refractivity contribution is 9.10. The number of nitro benzene ring substituents is 1. The van der Waals surface area contributed by atoms with Crippen LogP contribution >= 0.6 is 15.9 Å². The fourth-order valence-electron chi connectivity index (χ4n) is 2.46. The molecule has 0 saturated carbocycles. The Morgan fingerprint density at radius 3 is 2.55 bits per heavy atom. The van der Waals surface area contributed by atoms with Crippen LogP contribution in [-0.4, -0.2) is 40.9 Å². The summed E-state index contributed by atoms with van der Waals surface area (Å²) in [6.07, 6.45) is 0. The Kier molecular flexibility index (Phi) is 4.39. The largest absolute Gasteiger partial charge is 0.331 e. The van der Waals surface area contributed by atoms with Gasteiger partial charge in [-0.25, -0.2) is 0 Å². The van der Waals surface area contributed by atoms with Crippen molar-refractivity contribution < 1.29 is 9.72 Å². The molecule has 1 aliphatic heterocycles. The van der Waals surface area contributed by atoms with Gasteiger partial charge in [0.15, 0.2) is 0 Å². The Morgan fingerprint density at radius 1 is 1.40 bits per heavy atom. The second kappa shape index (κ2) is 5.88. The Balaban J connectivity index is 2.37. The van der Waals surface area contributed by atoms with Gasteiger partial charge in [0.25, 0.3) is 11.6 Å². The molecule has 1 aromatic carbocycles. The fraction of sp³-hybridized carbons (Fsp3) is 0.462. The van der Waals surface area contributed by atoms with Gasteiger partial charge in [0.1, 0.15) is 0 Å². The van der Waals surface area contributed by atoms with E-state index in [2.05, 4.69) is 21.2 Å². The maximum Gasteiger partial charge on any atom is 0.270 e. The molecular formula is C13H16BrN3O3. The van der Waals surface area contributed by atoms with Crippen LogP contribution in [0.1, 0.15) is 24.2 Å². The number of carbonyl (C=O) groups is 1. The van der Waals surface area contributed by atoms with Gasteiger partial charge in [0.05, 0.1) is 10.5 Å². The Labute approximate surface area is 125 Å². The van der Waals surface area contributed by atoms with Crippen molar-refractivity contribution >= 4 is 27.5 Å². The molecule has 1 heterocycles. The molecule has 0 bridgehead atoms. The number of nitrogens with zero attached hydrogens (tertiary/aromatic N) is 2. The van der Waals surface area contributed by atoms with Crippen molar-refractivity contribution in [3.8, 4) is 0 Å². The highest BCUT2D eigenvalue weighted by Gasteiger charge is 2.31. The van der Waals surface area contributed by atoms with Crippen LogP contribution in [0.15, 0.2) is 22.7 Å². The Morgan fingerprint density at radius 2 is 2.00 bits per heavy atom. The number of nitro groups is 1. The monoisotopic (exact) mass is 341 g/mol. The second-order valence-electron chi connectivity index (χ2n) is 4.99. The van der Waals surface area contributed by atoms with E-state index in [9.17, 15) is 14.9 Å². The Hall–Kier alpha value is -1.47. The van der Waals surface area contributed by atoms with E-state index in [-0.39, 0.29) is 23.7 Å². The molecule has 6 nitrogen and oxygen atoms in total. The molecule has 0 aromatic heterocycles. The Bertz CT molecular complexity index is 540. The van der Waals surface area contributed by atoms with Gasteiger partial charge in [0, 0.05) is 41.8 Å². The van der Waals surface area contributed by atoms with Crippen LogP contribution in [0.25, 0.3) is 0 Å². The van der Waals surface area contributed by atoms with E-state index in [0.29, 0.717) is 10.0 Å². The number of piperazine rings is 1. The number of rotatable bonds is 2. The molecule has 108 valence electrons. The van der Waals surface area contributed by atoms with Gasteiger partial charge < -0.3 is 10.2 Å². The number of halogens is 1. The van der Waals surface area contributed by atoms with Gasteiger partial charge in [-0.1, -0.05) is 0 Å². The van der Waals surface area contributed by atoms with Crippen molar-refractivity contribution in [1.82, 2.24) is 10.2 Å². The zero-order valence-electron chi connectivity index (χ0n) is 11.3. The van der Waals surface area contributed by atoms with Crippen LogP contribution in [0.3, 0.4) is 0 Å². The van der Waals surface area contributed by atoms with Crippen LogP contribution < -0.4 is 5.32 Å². The highest BCUT2D eigenvalue weighted by Crippen LogP contribution is 2.25. The SMILES string of the molecule is CC1CNCC(C)N1C(=O)c1cc([N+](=O)[O-])ccc1Br. The number of hydrogen-bond acceptors (Lipinski definition) is 4. The van der Waals surface area contributed by atoms with Crippen molar-refractivity contribution in [2.45, 2.75) is 25.9 Å². The van der Waals surface area contributed by atoms with Crippen LogP contribution in [0, 0.1) is 10.1 Å². The number of amides is 1. The zero-order valence-corrected chi connectivity index (χ0v) is 12.9. The molecule has 1 saturated heterocycles. The first-order chi connectivity index (χ1) is 9.41. The van der Waals surface area contributed by atoms with E-state index in [4.69, 9.17) is 0 Å². The highest BCUT2D eigenvalue weighted by atomic mass is 79.9. The quantitative estimate of drug-likeness (QED) is 0.660. The van der Waals surface area contributed by atoms with E-state index >= 15 is 0 Å². The van der Waals surface area contributed by atoms with Crippen LogP contribution in [-0.2, 0) is 0 Å². The number of nitrogens with one attached hydrogen (secondary N) is 1. The van der Waals surface area contributed by atoms with Gasteiger partial charge in [-0.05, 0) is 35.8 Å². The summed E-state index contributed by atoms with van der Waals surface area (Å²) in [4.78, 5) is 24.8. The smallest absolute Gasteiger partial charge is 0.270 e. The second-order valence-corrected chi connectivity index (χ2v) is 5.84. The third-order valence-corrected chi connectivity index (χ3v) is 4.15. The molecule has 0 spiro atoms. The summed E-state index contributed by atoms with van der Waals surface area (Å²) in [5.74, 6) is -0.179. The minimum Gasteiger partial charge on any atom is -0.331 e. The average Bonchev–Trinajstić information content (AvgIpc) is 2.38. The predicted octanol–water partition coefficient (Wildman–Crippen LogP) is 2.18. The molecule has 1 N–H and O–H groups in total. The van der Waals surface area contributed by atoms with E-state index in [1.807, 2.05) is 13.8 Å². The molecule has 1 fully saturated rings. The minimum absolute atomic E-state index is 0.0532. The van der Waals surface area contributed by atoms with E-state index in [1.165, 1.54) is 12.1 Å². The average molecular weight is 342 g/mol. The maximum absolute atomic E-state index is 12.7. The number of non-ortho nitro benzene ring substituents is 1. The molecular weight excluding hydrogens is 326 g/mol. The first-order valence-electron chi connectivity index (χ1n) is 6.39. The van der Waals surface area contributed by atoms with Gasteiger partial charge in [-0.15, -0.1) is 0 Å². The van der Waals surface area contributed by atoms with Gasteiger partial charge in [0.2, 0.25) is 0 Å². The summed E-state index contributed by atoms with van der Waals surface area (Å²) in [6.45, 7) is 5.38. The topological polar surface area (TPSA) is 75.5 Å². The summed E-state index contributed by atoms with van der Waals surface area (Å²) >= 11 is 3.30. The lowest BCUT2D eigenvalue weighted by atomic mass is 10.1. The molecule has 2 unspecified atom stereocenters. The summed E-state index contributed by atoms with van der Waals surface area (Å²) in [6, 6.07) is 4.36. The van der Waals surface area contributed by atoms with Crippen LogP contribution in [0.2, 0.25) is 0 Å². The minimum atomic E-state index is -0.492. The standard InChI is InChI=1S/C13H16BrN3O3/c1-8-6-15-7-9(2)16(8)13(18)11-5-10(17(19)20)3-4-12(11)14/h3-5,8-9,15H,6-7H2,1-2H3. The number of benzene rings is 1. The fourth-order valence-corrected chi connectivity index (χ4v) is 2.88. The molecule has 20 heavy (non-hydrogen) atoms. The third kappa shape index (κ3) is 2.83. The summed E-state index contributed by atoms with van der Waals surface area (Å²) in [5, 5.41) is 14.1. The summed E-state index contributed by atoms with van der Waals surface area (Å²) in [7, 11) is 0. The van der Waals surface area contributed by atoms with E-state index in [1.54, 1.807) is 11.0 Å². The number of hydrogen-bond donors (Lipinski definition) is 1. The zero-order chi connectivity index (χ0) is 14.9. The van der Waals surface area contributed by atoms with Gasteiger partial charge >= 0.3 is 0 Å². The van der Waals surface area contributed by atoms with E-state index in [0.717, 1.165) is 13.1 Å². The molecule has 2 atom stereocenters. The lowest BCUT2D eigenvalue weighted by molar-refractivity contribution is -0.384. The normalized spacial score (nSPS) is 22.6. The predicted molar refractivity (Wildman–Crippen MR) is 78.8 cm³/mol. The van der Waals surface area contributed by atoms with Crippen molar-refractivity contribution in [1.29, 1.82) is 0 Å². The molecule has 1 aliphatic rings. The summed E-state index contributed by atoms with van der Waals surface area (Å²) < 4.78 is 0.575. The lowest BCUT2D eigenvalue weighted by Crippen LogP contribution is -2.57. The van der Waals surface area contributed by atoms with Gasteiger partial charge in [-0.3, -0.25) is 14.9 Å². The van der Waals surface area contributed by atoms with Crippen molar-refractivity contribution in [3.05, 3.63) is 38.3 Å². The lowest BCUT2D eigenvalue weighted by Gasteiger charge is -2.39. The third-order valence-electron chi connectivity index (χ3n) is 3.45. The van der Waals surface area contributed by atoms with Crippen molar-refractivity contribution in [2.75, 3.05) is 13.1 Å². The molecule has 0 aliphatic carbocycles. The van der Waals surface area contributed by atoms with Crippen molar-refractivity contribution in [2.24, 2.45) is 0 Å². The van der Waals surface area contributed by atoms with Gasteiger partial charge in [-0.2, -0.15) is 0 Å². The summed E-state index contributed by atoms with van der Waals surface area (Å²) in [5.41, 5.74) is 0.256. The van der Waals surface area contributed by atoms with Crippen LogP contribution in [0.5, 0.6) is 0 Å².